The third-order valence-corrected chi connectivity index (χ3v) is 2.74. The van der Waals surface area contributed by atoms with Gasteiger partial charge in [0.1, 0.15) is 12.1 Å². The van der Waals surface area contributed by atoms with Crippen LogP contribution in [0, 0.1) is 0 Å². The van der Waals surface area contributed by atoms with Gasteiger partial charge in [0.05, 0.1) is 5.52 Å². The fourth-order valence-corrected chi connectivity index (χ4v) is 1.75. The largest absolute Gasteiger partial charge is 0.396 e. The minimum atomic E-state index is 0.191. The SMILES string of the molecule is CCc1ccc2ncnc(NCCCO)c2c1. The zero-order chi connectivity index (χ0) is 12.1. The average Bonchev–Trinajstić information content (AvgIpc) is 2.39. The molecule has 2 aromatic rings. The minimum absolute atomic E-state index is 0.191. The number of aliphatic hydroxyl groups excluding tert-OH is 1. The molecule has 0 bridgehead atoms. The second kappa shape index (κ2) is 5.59. The molecule has 0 fully saturated rings. The highest BCUT2D eigenvalue weighted by atomic mass is 16.3. The van der Waals surface area contributed by atoms with E-state index in [1.165, 1.54) is 5.56 Å². The summed E-state index contributed by atoms with van der Waals surface area (Å²) in [4.78, 5) is 8.50. The predicted molar refractivity (Wildman–Crippen MR) is 69.1 cm³/mol. The number of rotatable bonds is 5. The van der Waals surface area contributed by atoms with Gasteiger partial charge in [-0.25, -0.2) is 9.97 Å². The molecule has 1 aromatic heterocycles. The molecule has 90 valence electrons. The summed E-state index contributed by atoms with van der Waals surface area (Å²) in [5, 5.41) is 13.0. The number of anilines is 1. The van der Waals surface area contributed by atoms with Gasteiger partial charge in [-0.3, -0.25) is 0 Å². The molecule has 1 aromatic carbocycles. The summed E-state index contributed by atoms with van der Waals surface area (Å²) in [5.74, 6) is 0.846. The molecule has 4 nitrogen and oxygen atoms in total. The van der Waals surface area contributed by atoms with Crippen LogP contribution in [-0.4, -0.2) is 28.2 Å². The van der Waals surface area contributed by atoms with E-state index in [1.54, 1.807) is 6.33 Å². The first kappa shape index (κ1) is 11.8. The Morgan fingerprint density at radius 1 is 1.29 bits per heavy atom. The third-order valence-electron chi connectivity index (χ3n) is 2.74. The van der Waals surface area contributed by atoms with Gasteiger partial charge in [-0.15, -0.1) is 0 Å². The first-order valence-corrected chi connectivity index (χ1v) is 5.93. The fraction of sp³-hybridized carbons (Fsp3) is 0.385. The minimum Gasteiger partial charge on any atom is -0.396 e. The van der Waals surface area contributed by atoms with Crippen molar-refractivity contribution in [3.63, 3.8) is 0 Å². The number of nitrogens with one attached hydrogen (secondary N) is 1. The first-order chi connectivity index (χ1) is 8.35. The molecule has 0 aliphatic heterocycles. The molecule has 17 heavy (non-hydrogen) atoms. The lowest BCUT2D eigenvalue weighted by molar-refractivity contribution is 0.292. The molecule has 0 radical (unpaired) electrons. The van der Waals surface area contributed by atoms with Crippen molar-refractivity contribution >= 4 is 16.7 Å². The van der Waals surface area contributed by atoms with Gasteiger partial charge in [-0.1, -0.05) is 13.0 Å². The van der Waals surface area contributed by atoms with Crippen molar-refractivity contribution in [2.45, 2.75) is 19.8 Å². The van der Waals surface area contributed by atoms with Crippen LogP contribution in [0.2, 0.25) is 0 Å². The summed E-state index contributed by atoms with van der Waals surface area (Å²) in [6.45, 7) is 3.04. The predicted octanol–water partition coefficient (Wildman–Crippen LogP) is 1.99. The summed E-state index contributed by atoms with van der Waals surface area (Å²) < 4.78 is 0. The van der Waals surface area contributed by atoms with Crippen LogP contribution in [0.5, 0.6) is 0 Å². The standard InChI is InChI=1S/C13H17N3O/c1-2-10-4-5-12-11(8-10)13(16-9-15-12)14-6-3-7-17/h4-5,8-9,17H,2-3,6-7H2,1H3,(H,14,15,16). The van der Waals surface area contributed by atoms with Crippen molar-refractivity contribution < 1.29 is 5.11 Å². The number of benzene rings is 1. The van der Waals surface area contributed by atoms with Gasteiger partial charge in [0.25, 0.3) is 0 Å². The van der Waals surface area contributed by atoms with Gasteiger partial charge in [0, 0.05) is 18.5 Å². The van der Waals surface area contributed by atoms with E-state index in [4.69, 9.17) is 5.11 Å². The van der Waals surface area contributed by atoms with Gasteiger partial charge in [-0.2, -0.15) is 0 Å². The Labute approximate surface area is 101 Å². The number of hydrogen-bond donors (Lipinski definition) is 2. The van der Waals surface area contributed by atoms with E-state index in [0.29, 0.717) is 0 Å². The molecule has 4 heteroatoms. The van der Waals surface area contributed by atoms with E-state index in [0.717, 1.165) is 36.1 Å². The molecule has 0 atom stereocenters. The summed E-state index contributed by atoms with van der Waals surface area (Å²) in [6, 6.07) is 6.23. The van der Waals surface area contributed by atoms with Gasteiger partial charge < -0.3 is 10.4 Å². The summed E-state index contributed by atoms with van der Waals surface area (Å²) in [6.07, 6.45) is 3.29. The van der Waals surface area contributed by atoms with E-state index in [-0.39, 0.29) is 6.61 Å². The Morgan fingerprint density at radius 3 is 2.94 bits per heavy atom. The molecule has 2 N–H and O–H groups in total. The van der Waals surface area contributed by atoms with E-state index in [1.807, 2.05) is 6.07 Å². The van der Waals surface area contributed by atoms with Gasteiger partial charge in [0.2, 0.25) is 0 Å². The number of aromatic nitrogens is 2. The van der Waals surface area contributed by atoms with Crippen LogP contribution in [0.15, 0.2) is 24.5 Å². The highest BCUT2D eigenvalue weighted by Gasteiger charge is 2.03. The molecule has 0 aliphatic rings. The first-order valence-electron chi connectivity index (χ1n) is 5.93. The maximum Gasteiger partial charge on any atom is 0.137 e. The number of aliphatic hydroxyl groups is 1. The number of hydrogen-bond acceptors (Lipinski definition) is 4. The Kier molecular flexibility index (Phi) is 3.88. The third kappa shape index (κ3) is 2.71. The molecule has 0 spiro atoms. The monoisotopic (exact) mass is 231 g/mol. The molecule has 0 aliphatic carbocycles. The van der Waals surface area contributed by atoms with Crippen molar-refractivity contribution in [3.05, 3.63) is 30.1 Å². The number of fused-ring (bicyclic) bond motifs is 1. The second-order valence-electron chi connectivity index (χ2n) is 3.93. The van der Waals surface area contributed by atoms with Crippen LogP contribution < -0.4 is 5.32 Å². The number of aryl methyl sites for hydroxylation is 1. The lowest BCUT2D eigenvalue weighted by atomic mass is 10.1. The molecular weight excluding hydrogens is 214 g/mol. The Morgan fingerprint density at radius 2 is 2.18 bits per heavy atom. The highest BCUT2D eigenvalue weighted by Crippen LogP contribution is 2.20. The second-order valence-corrected chi connectivity index (χ2v) is 3.93. The maximum atomic E-state index is 8.77. The van der Waals surface area contributed by atoms with E-state index >= 15 is 0 Å². The van der Waals surface area contributed by atoms with Gasteiger partial charge in [-0.05, 0) is 30.5 Å². The molecule has 0 amide bonds. The van der Waals surface area contributed by atoms with Crippen LogP contribution in [-0.2, 0) is 6.42 Å². The number of nitrogens with zero attached hydrogens (tertiary/aromatic N) is 2. The lowest BCUT2D eigenvalue weighted by Gasteiger charge is -2.08. The Bertz CT molecular complexity index is 499. The van der Waals surface area contributed by atoms with Crippen LogP contribution >= 0.6 is 0 Å². The average molecular weight is 231 g/mol. The zero-order valence-corrected chi connectivity index (χ0v) is 9.98. The molecule has 0 unspecified atom stereocenters. The van der Waals surface area contributed by atoms with Crippen LogP contribution in [0.3, 0.4) is 0 Å². The molecule has 0 saturated carbocycles. The normalized spacial score (nSPS) is 10.7. The topological polar surface area (TPSA) is 58.0 Å². The van der Waals surface area contributed by atoms with Crippen molar-refractivity contribution in [1.82, 2.24) is 9.97 Å². The lowest BCUT2D eigenvalue weighted by Crippen LogP contribution is -2.06. The Hall–Kier alpha value is -1.68. The van der Waals surface area contributed by atoms with Crippen LogP contribution in [0.25, 0.3) is 10.9 Å². The maximum absolute atomic E-state index is 8.77. The van der Waals surface area contributed by atoms with Crippen molar-refractivity contribution in [1.29, 1.82) is 0 Å². The van der Waals surface area contributed by atoms with Crippen molar-refractivity contribution in [3.8, 4) is 0 Å². The summed E-state index contributed by atoms with van der Waals surface area (Å²) in [7, 11) is 0. The molecule has 1 heterocycles. The quantitative estimate of drug-likeness (QED) is 0.773. The van der Waals surface area contributed by atoms with Gasteiger partial charge >= 0.3 is 0 Å². The summed E-state index contributed by atoms with van der Waals surface area (Å²) >= 11 is 0. The zero-order valence-electron chi connectivity index (χ0n) is 9.98. The molecule has 2 rings (SSSR count). The van der Waals surface area contributed by atoms with E-state index in [9.17, 15) is 0 Å². The van der Waals surface area contributed by atoms with E-state index in [2.05, 4.69) is 34.3 Å². The highest BCUT2D eigenvalue weighted by molar-refractivity contribution is 5.89. The Balaban J connectivity index is 2.33. The van der Waals surface area contributed by atoms with Crippen molar-refractivity contribution in [2.24, 2.45) is 0 Å². The van der Waals surface area contributed by atoms with Gasteiger partial charge in [0.15, 0.2) is 0 Å². The van der Waals surface area contributed by atoms with Crippen LogP contribution in [0.4, 0.5) is 5.82 Å². The van der Waals surface area contributed by atoms with E-state index < -0.39 is 0 Å². The fourth-order valence-electron chi connectivity index (χ4n) is 1.75. The molecule has 0 saturated heterocycles. The van der Waals surface area contributed by atoms with Crippen LogP contribution in [0.1, 0.15) is 18.9 Å². The smallest absolute Gasteiger partial charge is 0.137 e. The molecular formula is C13H17N3O. The van der Waals surface area contributed by atoms with Crippen molar-refractivity contribution in [2.75, 3.05) is 18.5 Å². The summed E-state index contributed by atoms with van der Waals surface area (Å²) in [5.41, 5.74) is 2.22.